The molecule has 0 aliphatic carbocycles. The smallest absolute Gasteiger partial charge is 0.0369 e. The van der Waals surface area contributed by atoms with Crippen LogP contribution in [0.25, 0.3) is 61.2 Å². The van der Waals surface area contributed by atoms with E-state index in [2.05, 4.69) is 83.6 Å². The van der Waals surface area contributed by atoms with Gasteiger partial charge in [0.1, 0.15) is 0 Å². The maximum atomic E-state index is 2.39. The van der Waals surface area contributed by atoms with Crippen LogP contribution in [0.15, 0.2) is 83.6 Å². The molecule has 0 saturated heterocycles. The van der Waals surface area contributed by atoms with Crippen molar-refractivity contribution >= 4 is 85.7 Å². The van der Waals surface area contributed by atoms with E-state index in [9.17, 15) is 0 Å². The van der Waals surface area contributed by atoms with Crippen LogP contribution in [0.5, 0.6) is 0 Å². The molecule has 0 radical (unpaired) electrons. The normalized spacial score (nSPS) is 12.0. The Morgan fingerprint density at radius 3 is 1.50 bits per heavy atom. The number of fused-ring (bicyclic) bond motifs is 4. The van der Waals surface area contributed by atoms with Crippen molar-refractivity contribution in [3.8, 4) is 20.9 Å². The molecule has 30 heavy (non-hydrogen) atoms. The number of thiophene rings is 4. The Hall–Kier alpha value is -2.50. The lowest BCUT2D eigenvalue weighted by Crippen LogP contribution is -1.68. The van der Waals surface area contributed by atoms with Crippen LogP contribution in [-0.4, -0.2) is 0 Å². The fraction of sp³-hybridized carbons (Fsp3) is 0. The molecule has 0 spiro atoms. The summed E-state index contributed by atoms with van der Waals surface area (Å²) in [5.74, 6) is 0. The molecule has 3 aromatic carbocycles. The van der Waals surface area contributed by atoms with E-state index in [1.807, 2.05) is 45.3 Å². The highest BCUT2D eigenvalue weighted by Gasteiger charge is 2.13. The minimum atomic E-state index is 1.34. The fourth-order valence-electron chi connectivity index (χ4n) is 4.18. The Bertz CT molecular complexity index is 1530. The minimum Gasteiger partial charge on any atom is -0.143 e. The second-order valence-electron chi connectivity index (χ2n) is 7.44. The summed E-state index contributed by atoms with van der Waals surface area (Å²) in [5.41, 5.74) is 2.73. The largest absolute Gasteiger partial charge is 0.143 e. The summed E-state index contributed by atoms with van der Waals surface area (Å²) in [4.78, 5) is 2.73. The predicted octanol–water partition coefficient (Wildman–Crippen LogP) is 9.88. The molecule has 7 rings (SSSR count). The Morgan fingerprint density at radius 2 is 0.967 bits per heavy atom. The highest BCUT2D eigenvalue weighted by Crippen LogP contribution is 2.44. The third kappa shape index (κ3) is 2.55. The summed E-state index contributed by atoms with van der Waals surface area (Å²) in [6.45, 7) is 0. The van der Waals surface area contributed by atoms with Gasteiger partial charge in [-0.15, -0.1) is 45.3 Å². The molecule has 0 fully saturated rings. The standard InChI is InChI=1S/C26H14S4/c1-3-7-21-17(5-1)19(13-27-21)25-10-15-9-16-11-26(30-24(16)12-23(15)29-25)20-14-28-22-8-4-2-6-18(20)22/h1-14H. The Morgan fingerprint density at radius 1 is 0.467 bits per heavy atom. The zero-order valence-electron chi connectivity index (χ0n) is 15.7. The first-order chi connectivity index (χ1) is 14.8. The van der Waals surface area contributed by atoms with E-state index in [0.29, 0.717) is 0 Å². The molecule has 4 heterocycles. The van der Waals surface area contributed by atoms with Crippen molar-refractivity contribution in [2.75, 3.05) is 0 Å². The van der Waals surface area contributed by atoms with Gasteiger partial charge in [-0.1, -0.05) is 36.4 Å². The fourth-order valence-corrected chi connectivity index (χ4v) is 8.55. The van der Waals surface area contributed by atoms with Crippen molar-refractivity contribution < 1.29 is 0 Å². The van der Waals surface area contributed by atoms with Crippen molar-refractivity contribution in [3.63, 3.8) is 0 Å². The zero-order chi connectivity index (χ0) is 19.7. The molecule has 0 N–H and O–H groups in total. The third-order valence-electron chi connectivity index (χ3n) is 5.65. The Labute approximate surface area is 189 Å². The lowest BCUT2D eigenvalue weighted by molar-refractivity contribution is 1.84. The minimum absolute atomic E-state index is 1.34. The van der Waals surface area contributed by atoms with Crippen molar-refractivity contribution in [1.29, 1.82) is 0 Å². The van der Waals surface area contributed by atoms with E-state index in [-0.39, 0.29) is 0 Å². The molecule has 0 unspecified atom stereocenters. The molecule has 0 aliphatic heterocycles. The quantitative estimate of drug-likeness (QED) is 0.244. The first kappa shape index (κ1) is 17.2. The van der Waals surface area contributed by atoms with Crippen molar-refractivity contribution in [2.24, 2.45) is 0 Å². The molecule has 0 nitrogen and oxygen atoms in total. The first-order valence-corrected chi connectivity index (χ1v) is 13.1. The van der Waals surface area contributed by atoms with E-state index in [4.69, 9.17) is 0 Å². The van der Waals surface area contributed by atoms with Crippen LogP contribution in [0.1, 0.15) is 0 Å². The highest BCUT2D eigenvalue weighted by atomic mass is 32.1. The van der Waals surface area contributed by atoms with Gasteiger partial charge in [-0.2, -0.15) is 0 Å². The summed E-state index contributed by atoms with van der Waals surface area (Å²) in [7, 11) is 0. The van der Waals surface area contributed by atoms with E-state index < -0.39 is 0 Å². The maximum absolute atomic E-state index is 2.39. The van der Waals surface area contributed by atoms with Gasteiger partial charge in [0.15, 0.2) is 0 Å². The van der Waals surface area contributed by atoms with Crippen LogP contribution >= 0.6 is 45.3 Å². The third-order valence-corrected chi connectivity index (χ3v) is 9.84. The summed E-state index contributed by atoms with van der Waals surface area (Å²) in [5, 5.41) is 10.0. The summed E-state index contributed by atoms with van der Waals surface area (Å²) < 4.78 is 5.46. The van der Waals surface area contributed by atoms with Gasteiger partial charge in [-0.3, -0.25) is 0 Å². The second kappa shape index (κ2) is 6.50. The molecule has 0 aliphatic rings. The molecule has 4 aromatic heterocycles. The van der Waals surface area contributed by atoms with E-state index >= 15 is 0 Å². The number of rotatable bonds is 2. The van der Waals surface area contributed by atoms with Gasteiger partial charge >= 0.3 is 0 Å². The van der Waals surface area contributed by atoms with Crippen molar-refractivity contribution in [1.82, 2.24) is 0 Å². The number of hydrogen-bond acceptors (Lipinski definition) is 4. The van der Waals surface area contributed by atoms with E-state index in [1.165, 1.54) is 61.2 Å². The number of hydrogen-bond donors (Lipinski definition) is 0. The SMILES string of the molecule is c1ccc2c(-c3cc4cc5cc(-c6csc7ccccc67)sc5cc4s3)csc2c1. The monoisotopic (exact) mass is 454 g/mol. The molecule has 7 aromatic rings. The van der Waals surface area contributed by atoms with Crippen LogP contribution in [-0.2, 0) is 0 Å². The van der Waals surface area contributed by atoms with E-state index in [1.54, 1.807) is 0 Å². The number of benzene rings is 3. The lowest BCUT2D eigenvalue weighted by atomic mass is 10.1. The Balaban J connectivity index is 1.38. The van der Waals surface area contributed by atoms with Crippen LogP contribution in [0.2, 0.25) is 0 Å². The second-order valence-corrected chi connectivity index (χ2v) is 11.4. The first-order valence-electron chi connectivity index (χ1n) is 9.74. The van der Waals surface area contributed by atoms with Gasteiger partial charge in [0.25, 0.3) is 0 Å². The van der Waals surface area contributed by atoms with Crippen LogP contribution in [0.4, 0.5) is 0 Å². The molecule has 0 saturated carbocycles. The van der Waals surface area contributed by atoms with Gasteiger partial charge in [-0.05, 0) is 47.2 Å². The Kier molecular flexibility index (Phi) is 3.73. The molecule has 0 atom stereocenters. The summed E-state index contributed by atoms with van der Waals surface area (Å²) in [6.07, 6.45) is 0. The highest BCUT2D eigenvalue weighted by molar-refractivity contribution is 7.25. The van der Waals surface area contributed by atoms with Gasteiger partial charge in [-0.25, -0.2) is 0 Å². The summed E-state index contributed by atoms with van der Waals surface area (Å²) in [6, 6.07) is 26.9. The molecule has 4 heteroatoms. The van der Waals surface area contributed by atoms with Crippen molar-refractivity contribution in [2.45, 2.75) is 0 Å². The molecule has 142 valence electrons. The van der Waals surface area contributed by atoms with Gasteiger partial charge in [0.2, 0.25) is 0 Å². The average Bonchev–Trinajstić information content (AvgIpc) is 3.53. The topological polar surface area (TPSA) is 0 Å². The maximum Gasteiger partial charge on any atom is 0.0369 e. The van der Waals surface area contributed by atoms with Crippen molar-refractivity contribution in [3.05, 3.63) is 83.6 Å². The van der Waals surface area contributed by atoms with E-state index in [0.717, 1.165) is 0 Å². The zero-order valence-corrected chi connectivity index (χ0v) is 19.0. The summed E-state index contributed by atoms with van der Waals surface area (Å²) >= 11 is 7.49. The molecule has 0 bridgehead atoms. The van der Waals surface area contributed by atoms with Gasteiger partial charge in [0, 0.05) is 61.2 Å². The molecular formula is C26H14S4. The average molecular weight is 455 g/mol. The lowest BCUT2D eigenvalue weighted by Gasteiger charge is -1.94. The van der Waals surface area contributed by atoms with Crippen LogP contribution in [0, 0.1) is 0 Å². The van der Waals surface area contributed by atoms with Gasteiger partial charge in [0.05, 0.1) is 0 Å². The van der Waals surface area contributed by atoms with Gasteiger partial charge < -0.3 is 0 Å². The predicted molar refractivity (Wildman–Crippen MR) is 139 cm³/mol. The van der Waals surface area contributed by atoms with Crippen LogP contribution in [0.3, 0.4) is 0 Å². The van der Waals surface area contributed by atoms with Crippen LogP contribution < -0.4 is 0 Å². The molecular weight excluding hydrogens is 441 g/mol. The molecule has 0 amide bonds.